The fourth-order valence-electron chi connectivity index (χ4n) is 5.18. The summed E-state index contributed by atoms with van der Waals surface area (Å²) in [4.78, 5) is 95.9. The highest BCUT2D eigenvalue weighted by atomic mass is 16.5. The van der Waals surface area contributed by atoms with Crippen LogP contribution in [0.1, 0.15) is 64.9 Å². The highest BCUT2D eigenvalue weighted by Gasteiger charge is 2.29. The molecule has 6 amide bonds. The number of aromatic nitrogens is 4. The zero-order valence-corrected chi connectivity index (χ0v) is 30.8. The maximum absolute atomic E-state index is 13.4. The van der Waals surface area contributed by atoms with Crippen LogP contribution in [0.3, 0.4) is 0 Å². The van der Waals surface area contributed by atoms with Gasteiger partial charge < -0.3 is 47.9 Å². The van der Waals surface area contributed by atoms with E-state index in [1.807, 2.05) is 6.92 Å². The molecule has 0 saturated heterocycles. The Morgan fingerprint density at radius 2 is 1.71 bits per heavy atom. The molecular weight excluding hydrogens is 718 g/mol. The molecule has 10 N–H and O–H groups in total. The zero-order valence-electron chi connectivity index (χ0n) is 30.8. The number of hydrogen-bond donors (Lipinski definition) is 8. The van der Waals surface area contributed by atoms with Gasteiger partial charge in [-0.3, -0.25) is 23.7 Å². The molecule has 2 heterocycles. The second-order valence-electron chi connectivity index (χ2n) is 12.7. The first-order valence-corrected chi connectivity index (χ1v) is 17.5. The van der Waals surface area contributed by atoms with E-state index < -0.39 is 65.9 Å². The average Bonchev–Trinajstić information content (AvgIpc) is 3.41. The third-order valence-electron chi connectivity index (χ3n) is 8.05. The summed E-state index contributed by atoms with van der Waals surface area (Å²) in [5, 5.41) is 21.8. The number of imidazole rings is 1. The summed E-state index contributed by atoms with van der Waals surface area (Å²) < 4.78 is 7.46. The number of carboxylic acid groups (broad SMARTS) is 1. The quantitative estimate of drug-likeness (QED) is 0.0580. The van der Waals surface area contributed by atoms with Gasteiger partial charge in [-0.2, -0.15) is 9.97 Å². The molecule has 2 aromatic heterocycles. The van der Waals surface area contributed by atoms with E-state index in [0.29, 0.717) is 17.9 Å². The van der Waals surface area contributed by atoms with Crippen molar-refractivity contribution in [1.29, 1.82) is 0 Å². The Labute approximate surface area is 316 Å². The van der Waals surface area contributed by atoms with E-state index >= 15 is 0 Å². The number of terminal acetylenes is 1. The summed E-state index contributed by atoms with van der Waals surface area (Å²) in [6.45, 7) is 5.57. The van der Waals surface area contributed by atoms with Gasteiger partial charge in [0, 0.05) is 25.2 Å². The topological polar surface area (TPSA) is 297 Å². The number of urea groups is 1. The van der Waals surface area contributed by atoms with Crippen molar-refractivity contribution >= 4 is 58.4 Å². The minimum atomic E-state index is -1.17. The van der Waals surface area contributed by atoms with Gasteiger partial charge >= 0.3 is 29.7 Å². The number of primary amides is 1. The minimum absolute atomic E-state index is 0.0361. The molecule has 3 rings (SSSR count). The Hall–Kier alpha value is -6.65. The van der Waals surface area contributed by atoms with Gasteiger partial charge in [-0.05, 0) is 42.9 Å². The molecule has 1 aromatic carbocycles. The molecule has 20 heteroatoms. The molecule has 0 unspecified atom stereocenters. The largest absolute Gasteiger partial charge is 0.481 e. The van der Waals surface area contributed by atoms with Crippen LogP contribution < -0.4 is 48.5 Å². The number of carboxylic acids is 1. The van der Waals surface area contributed by atoms with E-state index in [-0.39, 0.29) is 61.9 Å². The predicted octanol–water partition coefficient (Wildman–Crippen LogP) is 0.623. The lowest BCUT2D eigenvalue weighted by atomic mass is 10.0. The number of nitrogens with two attached hydrogens (primary N) is 2. The van der Waals surface area contributed by atoms with Crippen molar-refractivity contribution in [2.24, 2.45) is 11.7 Å². The van der Waals surface area contributed by atoms with Crippen LogP contribution in [-0.4, -0.2) is 85.2 Å². The molecular formula is C35H47N11O9. The number of unbranched alkanes of at least 4 members (excludes halogenated alkanes) is 1. The zero-order chi connectivity index (χ0) is 40.7. The van der Waals surface area contributed by atoms with Gasteiger partial charge in [0.05, 0.1) is 19.6 Å². The SMILES string of the molecule is C#CCn1c(=O)n(C(=O)NCc2ccc(NC(=O)[C@H](CCCNC(N)=O)NC(=O)[C@@H](NC(=O)CCC(=O)O)C(C)C)cc2)c2c(N)nc(OCCCC)nc21. The number of anilines is 2. The van der Waals surface area contributed by atoms with Crippen LogP contribution >= 0.6 is 0 Å². The number of ether oxygens (including phenoxy) is 1. The Balaban J connectivity index is 1.72. The van der Waals surface area contributed by atoms with Gasteiger partial charge in [0.25, 0.3) is 0 Å². The molecule has 55 heavy (non-hydrogen) atoms. The lowest BCUT2D eigenvalue weighted by molar-refractivity contribution is -0.139. The number of nitrogens with one attached hydrogen (secondary N) is 5. The van der Waals surface area contributed by atoms with Crippen LogP contribution in [-0.2, 0) is 32.3 Å². The number of rotatable bonds is 20. The van der Waals surface area contributed by atoms with Crippen LogP contribution in [0, 0.1) is 18.3 Å². The fourth-order valence-corrected chi connectivity index (χ4v) is 5.18. The van der Waals surface area contributed by atoms with Crippen molar-refractivity contribution in [3.8, 4) is 18.4 Å². The van der Waals surface area contributed by atoms with Gasteiger partial charge in [0.1, 0.15) is 17.6 Å². The van der Waals surface area contributed by atoms with E-state index in [9.17, 15) is 33.6 Å². The van der Waals surface area contributed by atoms with Gasteiger partial charge in [0.15, 0.2) is 11.5 Å². The molecule has 0 saturated carbocycles. The van der Waals surface area contributed by atoms with Crippen molar-refractivity contribution in [3.05, 3.63) is 40.3 Å². The average molecular weight is 766 g/mol. The first kappa shape index (κ1) is 42.8. The molecule has 0 spiro atoms. The fraction of sp³-hybridized carbons (Fsp3) is 0.457. The molecule has 3 aromatic rings. The first-order chi connectivity index (χ1) is 26.2. The molecule has 296 valence electrons. The Kier molecular flexibility index (Phi) is 16.0. The Morgan fingerprint density at radius 3 is 2.33 bits per heavy atom. The number of aliphatic carboxylic acids is 1. The monoisotopic (exact) mass is 765 g/mol. The third kappa shape index (κ3) is 12.5. The summed E-state index contributed by atoms with van der Waals surface area (Å²) in [7, 11) is 0. The number of carbonyl (C=O) groups is 6. The van der Waals surface area contributed by atoms with Gasteiger partial charge in [-0.1, -0.05) is 45.2 Å². The molecule has 0 radical (unpaired) electrons. The first-order valence-electron chi connectivity index (χ1n) is 17.5. The van der Waals surface area contributed by atoms with Crippen molar-refractivity contribution in [3.63, 3.8) is 0 Å². The van der Waals surface area contributed by atoms with Crippen molar-refractivity contribution in [2.45, 2.75) is 84.5 Å². The number of benzene rings is 1. The second-order valence-corrected chi connectivity index (χ2v) is 12.7. The maximum Gasteiger partial charge on any atom is 0.339 e. The van der Waals surface area contributed by atoms with Crippen molar-refractivity contribution in [1.82, 2.24) is 40.4 Å². The van der Waals surface area contributed by atoms with E-state index in [1.165, 1.54) is 0 Å². The summed E-state index contributed by atoms with van der Waals surface area (Å²) in [5.74, 6) is -1.26. The van der Waals surface area contributed by atoms with E-state index in [4.69, 9.17) is 27.7 Å². The molecule has 2 atom stereocenters. The summed E-state index contributed by atoms with van der Waals surface area (Å²) in [6, 6.07) is 2.54. The number of nitrogens with zero attached hydrogens (tertiary/aromatic N) is 4. The van der Waals surface area contributed by atoms with Crippen molar-refractivity contribution < 1.29 is 38.6 Å². The lowest BCUT2D eigenvalue weighted by Gasteiger charge is -2.25. The number of hydrogen-bond acceptors (Lipinski definition) is 11. The number of carbonyl (C=O) groups excluding carboxylic acids is 5. The van der Waals surface area contributed by atoms with E-state index in [2.05, 4.69) is 42.5 Å². The minimum Gasteiger partial charge on any atom is -0.481 e. The highest BCUT2D eigenvalue weighted by molar-refractivity contribution is 5.98. The maximum atomic E-state index is 13.4. The Bertz CT molecular complexity index is 1970. The van der Waals surface area contributed by atoms with Gasteiger partial charge in [0.2, 0.25) is 17.7 Å². The van der Waals surface area contributed by atoms with E-state index in [1.54, 1.807) is 38.1 Å². The number of nitrogen functional groups attached to an aromatic ring is 1. The van der Waals surface area contributed by atoms with Crippen molar-refractivity contribution in [2.75, 3.05) is 24.2 Å². The molecule has 0 aliphatic carbocycles. The summed E-state index contributed by atoms with van der Waals surface area (Å²) >= 11 is 0. The number of amides is 6. The highest BCUT2D eigenvalue weighted by Crippen LogP contribution is 2.21. The Morgan fingerprint density at radius 1 is 1.00 bits per heavy atom. The third-order valence-corrected chi connectivity index (χ3v) is 8.05. The van der Waals surface area contributed by atoms with Crippen LogP contribution in [0.5, 0.6) is 6.01 Å². The smallest absolute Gasteiger partial charge is 0.339 e. The standard InChI is InChI=1S/C35H47N11O9/c1-5-7-18-55-33-43-28(36)27-29(44-33)45(17-6-2)35(54)46(27)34(53)39-19-21-10-12-22(13-11-21)40-30(50)23(9-8-16-38-32(37)52)41-31(51)26(20(3)4)42-24(47)14-15-25(48)49/h2,10-13,20,23,26H,5,7-9,14-19H2,1,3-4H3,(H,39,53)(H,40,50)(H,41,51)(H,42,47)(H,48,49)(H2,36,43,44)(H3,37,38,52)/t23-,26-/m0/s1. The van der Waals surface area contributed by atoms with Gasteiger partial charge in [-0.15, -0.1) is 6.42 Å². The predicted molar refractivity (Wildman–Crippen MR) is 201 cm³/mol. The molecule has 0 aliphatic heterocycles. The molecule has 0 aliphatic rings. The van der Waals surface area contributed by atoms with Crippen LogP contribution in [0.4, 0.5) is 21.1 Å². The summed E-state index contributed by atoms with van der Waals surface area (Å²) in [5.41, 5.74) is 11.4. The normalized spacial score (nSPS) is 11.9. The van der Waals surface area contributed by atoms with Crippen LogP contribution in [0.15, 0.2) is 29.1 Å². The van der Waals surface area contributed by atoms with Gasteiger partial charge in [-0.25, -0.2) is 19.0 Å². The summed E-state index contributed by atoms with van der Waals surface area (Å²) in [6.07, 6.45) is 6.68. The molecule has 0 fully saturated rings. The van der Waals surface area contributed by atoms with E-state index in [0.717, 1.165) is 22.0 Å². The number of fused-ring (bicyclic) bond motifs is 1. The van der Waals surface area contributed by atoms with Crippen LogP contribution in [0.2, 0.25) is 0 Å². The second kappa shape index (κ2) is 20.6. The lowest BCUT2D eigenvalue weighted by Crippen LogP contribution is -2.54. The molecule has 20 nitrogen and oxygen atoms in total. The molecule has 0 bridgehead atoms. The van der Waals surface area contributed by atoms with Crippen LogP contribution in [0.25, 0.3) is 11.2 Å².